The van der Waals surface area contributed by atoms with Gasteiger partial charge in [-0.3, -0.25) is 4.79 Å². The average Bonchev–Trinajstić information content (AvgIpc) is 2.87. The van der Waals surface area contributed by atoms with Gasteiger partial charge in [-0.05, 0) is 23.8 Å². The second-order valence-corrected chi connectivity index (χ2v) is 4.54. The standard InChI is InChI=1S/C11H9N3OS/c15-10-5-16-11(14-10)4-7-1-2-8-9(3-7)13-6-12-8/h1-4,6H,5H2,(H,12,13)(H,14,15). The van der Waals surface area contributed by atoms with Gasteiger partial charge in [0.1, 0.15) is 0 Å². The summed E-state index contributed by atoms with van der Waals surface area (Å²) in [4.78, 5) is 18.2. The van der Waals surface area contributed by atoms with Crippen LogP contribution in [-0.2, 0) is 4.79 Å². The number of hydrogen-bond acceptors (Lipinski definition) is 3. The summed E-state index contributed by atoms with van der Waals surface area (Å²) in [5.74, 6) is 0.580. The van der Waals surface area contributed by atoms with E-state index in [2.05, 4.69) is 15.3 Å². The Labute approximate surface area is 96.1 Å². The number of thioether (sulfide) groups is 1. The first kappa shape index (κ1) is 9.47. The molecule has 1 aromatic carbocycles. The summed E-state index contributed by atoms with van der Waals surface area (Å²) in [7, 11) is 0. The maximum absolute atomic E-state index is 11.0. The number of nitrogens with one attached hydrogen (secondary N) is 2. The van der Waals surface area contributed by atoms with Gasteiger partial charge in [-0.2, -0.15) is 0 Å². The monoisotopic (exact) mass is 231 g/mol. The molecule has 2 aromatic rings. The molecule has 0 bridgehead atoms. The number of aromatic nitrogens is 2. The lowest BCUT2D eigenvalue weighted by atomic mass is 10.2. The van der Waals surface area contributed by atoms with Crippen molar-refractivity contribution in [1.29, 1.82) is 0 Å². The van der Waals surface area contributed by atoms with E-state index in [0.717, 1.165) is 21.6 Å². The Morgan fingerprint density at radius 1 is 1.44 bits per heavy atom. The van der Waals surface area contributed by atoms with Crippen molar-refractivity contribution in [2.45, 2.75) is 0 Å². The number of rotatable bonds is 1. The lowest BCUT2D eigenvalue weighted by Crippen LogP contribution is -2.13. The number of imidazole rings is 1. The van der Waals surface area contributed by atoms with Gasteiger partial charge in [0.2, 0.25) is 5.91 Å². The van der Waals surface area contributed by atoms with Gasteiger partial charge >= 0.3 is 0 Å². The Hall–Kier alpha value is -1.75. The molecule has 0 aliphatic carbocycles. The van der Waals surface area contributed by atoms with Gasteiger partial charge in [0.25, 0.3) is 0 Å². The molecule has 1 saturated heterocycles. The highest BCUT2D eigenvalue weighted by Crippen LogP contribution is 2.22. The minimum Gasteiger partial charge on any atom is -0.345 e. The van der Waals surface area contributed by atoms with Gasteiger partial charge in [-0.25, -0.2) is 4.98 Å². The summed E-state index contributed by atoms with van der Waals surface area (Å²) in [6.07, 6.45) is 3.64. The summed E-state index contributed by atoms with van der Waals surface area (Å²) < 4.78 is 0. The van der Waals surface area contributed by atoms with Gasteiger partial charge in [0.15, 0.2) is 0 Å². The highest BCUT2D eigenvalue weighted by atomic mass is 32.2. The number of carbonyl (C=O) groups is 1. The normalized spacial score (nSPS) is 18.2. The van der Waals surface area contributed by atoms with Crippen LogP contribution in [0.5, 0.6) is 0 Å². The third kappa shape index (κ3) is 1.69. The second-order valence-electron chi connectivity index (χ2n) is 3.52. The van der Waals surface area contributed by atoms with E-state index in [1.54, 1.807) is 6.33 Å². The van der Waals surface area contributed by atoms with Gasteiger partial charge in [0, 0.05) is 0 Å². The Morgan fingerprint density at radius 2 is 2.38 bits per heavy atom. The lowest BCUT2D eigenvalue weighted by Gasteiger charge is -1.97. The van der Waals surface area contributed by atoms with Crippen LogP contribution < -0.4 is 5.32 Å². The molecular formula is C11H9N3OS. The maximum atomic E-state index is 11.0. The molecule has 4 nitrogen and oxygen atoms in total. The van der Waals surface area contributed by atoms with Crippen LogP contribution in [0.3, 0.4) is 0 Å². The van der Waals surface area contributed by atoms with E-state index in [1.165, 1.54) is 11.8 Å². The van der Waals surface area contributed by atoms with Crippen molar-refractivity contribution in [3.8, 4) is 0 Å². The SMILES string of the molecule is O=C1CSC(=Cc2ccc3nc[nH]c3c2)N1. The number of carbonyl (C=O) groups excluding carboxylic acids is 1. The molecule has 1 aromatic heterocycles. The van der Waals surface area contributed by atoms with E-state index in [4.69, 9.17) is 0 Å². The van der Waals surface area contributed by atoms with Crippen molar-refractivity contribution in [1.82, 2.24) is 15.3 Å². The molecule has 16 heavy (non-hydrogen) atoms. The van der Waals surface area contributed by atoms with Crippen LogP contribution in [0.2, 0.25) is 0 Å². The number of hydrogen-bond donors (Lipinski definition) is 2. The summed E-state index contributed by atoms with van der Waals surface area (Å²) >= 11 is 1.53. The van der Waals surface area contributed by atoms with Gasteiger partial charge < -0.3 is 10.3 Å². The molecule has 0 saturated carbocycles. The predicted octanol–water partition coefficient (Wildman–Crippen LogP) is 1.72. The van der Waals surface area contributed by atoms with Crippen LogP contribution in [0.25, 0.3) is 17.1 Å². The molecule has 1 fully saturated rings. The van der Waals surface area contributed by atoms with Crippen LogP contribution in [0.15, 0.2) is 29.6 Å². The highest BCUT2D eigenvalue weighted by molar-refractivity contribution is 8.04. The fourth-order valence-corrected chi connectivity index (χ4v) is 2.39. The van der Waals surface area contributed by atoms with Crippen LogP contribution >= 0.6 is 11.8 Å². The molecule has 2 heterocycles. The number of H-pyrrole nitrogens is 1. The first-order valence-electron chi connectivity index (χ1n) is 4.89. The molecule has 1 aliphatic rings. The minimum absolute atomic E-state index is 0.0684. The molecule has 0 unspecified atom stereocenters. The quantitative estimate of drug-likeness (QED) is 0.785. The molecule has 3 rings (SSSR count). The van der Waals surface area contributed by atoms with Crippen LogP contribution in [0.1, 0.15) is 5.56 Å². The summed E-state index contributed by atoms with van der Waals surface area (Å²) in [5, 5.41) is 3.71. The Balaban J connectivity index is 1.97. The van der Waals surface area contributed by atoms with E-state index < -0.39 is 0 Å². The topological polar surface area (TPSA) is 57.8 Å². The first-order valence-corrected chi connectivity index (χ1v) is 5.87. The molecule has 2 N–H and O–H groups in total. The zero-order chi connectivity index (χ0) is 11.0. The number of aromatic amines is 1. The summed E-state index contributed by atoms with van der Waals surface area (Å²) in [6, 6.07) is 5.96. The third-order valence-electron chi connectivity index (χ3n) is 2.36. The molecule has 5 heteroatoms. The van der Waals surface area contributed by atoms with Crippen LogP contribution in [0.4, 0.5) is 0 Å². The summed E-state index contributed by atoms with van der Waals surface area (Å²) in [6.45, 7) is 0. The smallest absolute Gasteiger partial charge is 0.235 e. The number of benzene rings is 1. The first-order chi connectivity index (χ1) is 7.81. The molecular weight excluding hydrogens is 222 g/mol. The van der Waals surface area contributed by atoms with E-state index in [0.29, 0.717) is 5.75 Å². The maximum Gasteiger partial charge on any atom is 0.235 e. The van der Waals surface area contributed by atoms with Gasteiger partial charge in [0.05, 0.1) is 28.1 Å². The lowest BCUT2D eigenvalue weighted by molar-refractivity contribution is -0.117. The van der Waals surface area contributed by atoms with E-state index in [9.17, 15) is 4.79 Å². The molecule has 1 aliphatic heterocycles. The fourth-order valence-electron chi connectivity index (χ4n) is 1.62. The fraction of sp³-hybridized carbons (Fsp3) is 0.0909. The highest BCUT2D eigenvalue weighted by Gasteiger charge is 2.14. The molecule has 0 spiro atoms. The van der Waals surface area contributed by atoms with Crippen molar-refractivity contribution >= 4 is 34.8 Å². The molecule has 0 radical (unpaired) electrons. The zero-order valence-corrected chi connectivity index (χ0v) is 9.17. The van der Waals surface area contributed by atoms with E-state index in [-0.39, 0.29) is 5.91 Å². The Morgan fingerprint density at radius 3 is 3.19 bits per heavy atom. The minimum atomic E-state index is 0.0684. The van der Waals surface area contributed by atoms with Crippen LogP contribution in [-0.4, -0.2) is 21.6 Å². The Bertz CT molecular complexity index is 588. The molecule has 1 amide bonds. The number of fused-ring (bicyclic) bond motifs is 1. The van der Waals surface area contributed by atoms with Gasteiger partial charge in [-0.15, -0.1) is 0 Å². The molecule has 0 atom stereocenters. The zero-order valence-electron chi connectivity index (χ0n) is 8.36. The largest absolute Gasteiger partial charge is 0.345 e. The number of nitrogens with zero attached hydrogens (tertiary/aromatic N) is 1. The summed E-state index contributed by atoms with van der Waals surface area (Å²) in [5.41, 5.74) is 3.01. The van der Waals surface area contributed by atoms with Gasteiger partial charge in [-0.1, -0.05) is 17.8 Å². The predicted molar refractivity (Wildman–Crippen MR) is 64.7 cm³/mol. The van der Waals surface area contributed by atoms with E-state index in [1.807, 2.05) is 24.3 Å². The average molecular weight is 231 g/mol. The van der Waals surface area contributed by atoms with E-state index >= 15 is 0 Å². The van der Waals surface area contributed by atoms with Crippen molar-refractivity contribution < 1.29 is 4.79 Å². The van der Waals surface area contributed by atoms with Crippen molar-refractivity contribution in [3.63, 3.8) is 0 Å². The molecule has 80 valence electrons. The van der Waals surface area contributed by atoms with Crippen molar-refractivity contribution in [2.24, 2.45) is 0 Å². The van der Waals surface area contributed by atoms with Crippen molar-refractivity contribution in [2.75, 3.05) is 5.75 Å². The Kier molecular flexibility index (Phi) is 2.18. The van der Waals surface area contributed by atoms with Crippen LogP contribution in [0, 0.1) is 0 Å². The second kappa shape index (κ2) is 3.68. The third-order valence-corrected chi connectivity index (χ3v) is 3.30. The number of amides is 1. The van der Waals surface area contributed by atoms with Crippen molar-refractivity contribution in [3.05, 3.63) is 35.1 Å².